The lowest BCUT2D eigenvalue weighted by atomic mass is 9.78. The van der Waals surface area contributed by atoms with Gasteiger partial charge in [-0.2, -0.15) is 0 Å². The Kier molecular flexibility index (Phi) is 4.86. The topological polar surface area (TPSA) is 48.0 Å². The molecule has 1 amide bonds. The molecule has 1 aromatic carbocycles. The van der Waals surface area contributed by atoms with E-state index in [1.54, 1.807) is 0 Å². The summed E-state index contributed by atoms with van der Waals surface area (Å²) in [5.74, 6) is 0. The van der Waals surface area contributed by atoms with Crippen molar-refractivity contribution in [2.75, 3.05) is 13.2 Å². The van der Waals surface area contributed by atoms with Crippen LogP contribution in [-0.2, 0) is 14.0 Å². The number of likely N-dealkylation sites (tertiary alicyclic amines) is 1. The van der Waals surface area contributed by atoms with E-state index in [1.807, 2.05) is 24.0 Å². The Labute approximate surface area is 150 Å². The van der Waals surface area contributed by atoms with Gasteiger partial charge in [0.25, 0.3) is 0 Å². The smallest absolute Gasteiger partial charge is 0.450 e. The number of nitrogens with zero attached hydrogens (tertiary/aromatic N) is 1. The van der Waals surface area contributed by atoms with E-state index < -0.39 is 0 Å². The molecular formula is C19H28BNO4. The minimum absolute atomic E-state index is 0.0893. The molecule has 2 heterocycles. The Morgan fingerprint density at radius 3 is 2.36 bits per heavy atom. The largest absolute Gasteiger partial charge is 0.494 e. The van der Waals surface area contributed by atoms with Crippen LogP contribution in [0.25, 0.3) is 0 Å². The lowest BCUT2D eigenvalue weighted by molar-refractivity contribution is 0.00578. The molecule has 0 bridgehead atoms. The Hall–Kier alpha value is -1.53. The van der Waals surface area contributed by atoms with Crippen LogP contribution in [0.4, 0.5) is 4.79 Å². The van der Waals surface area contributed by atoms with Gasteiger partial charge < -0.3 is 18.9 Å². The maximum Gasteiger partial charge on any atom is 0.494 e. The highest BCUT2D eigenvalue weighted by Crippen LogP contribution is 2.37. The standard InChI is InChI=1S/C19H28BNO4/c1-6-23-17(22)21-13-7-8-16(21)14-9-11-15(12-10-14)20-24-18(2,3)19(4,5)25-20/h9-12,16H,6-8,13H2,1-5H3. The number of hydrogen-bond donors (Lipinski definition) is 0. The van der Waals surface area contributed by atoms with Gasteiger partial charge in [-0.25, -0.2) is 4.79 Å². The van der Waals surface area contributed by atoms with E-state index in [-0.39, 0.29) is 30.5 Å². The number of amides is 1. The van der Waals surface area contributed by atoms with Gasteiger partial charge >= 0.3 is 13.2 Å². The summed E-state index contributed by atoms with van der Waals surface area (Å²) in [7, 11) is -0.358. The third-order valence-corrected chi connectivity index (χ3v) is 5.60. The summed E-state index contributed by atoms with van der Waals surface area (Å²) in [6, 6.07) is 8.31. The average Bonchev–Trinajstić information content (AvgIpc) is 3.11. The zero-order valence-corrected chi connectivity index (χ0v) is 15.9. The third kappa shape index (κ3) is 3.42. The highest BCUT2D eigenvalue weighted by atomic mass is 16.7. The van der Waals surface area contributed by atoms with Gasteiger partial charge in [-0.05, 0) is 58.5 Å². The van der Waals surface area contributed by atoms with Crippen LogP contribution in [0.15, 0.2) is 24.3 Å². The molecule has 0 aromatic heterocycles. The summed E-state index contributed by atoms with van der Waals surface area (Å²) < 4.78 is 17.4. The van der Waals surface area contributed by atoms with Gasteiger partial charge in [-0.15, -0.1) is 0 Å². The van der Waals surface area contributed by atoms with Crippen LogP contribution in [0.1, 0.15) is 59.1 Å². The van der Waals surface area contributed by atoms with Crippen LogP contribution < -0.4 is 5.46 Å². The van der Waals surface area contributed by atoms with Crippen molar-refractivity contribution in [3.63, 3.8) is 0 Å². The lowest BCUT2D eigenvalue weighted by Crippen LogP contribution is -2.41. The Morgan fingerprint density at radius 2 is 1.80 bits per heavy atom. The van der Waals surface area contributed by atoms with Crippen molar-refractivity contribution in [1.82, 2.24) is 4.90 Å². The summed E-state index contributed by atoms with van der Waals surface area (Å²) in [5.41, 5.74) is 1.44. The summed E-state index contributed by atoms with van der Waals surface area (Å²) in [5, 5.41) is 0. The van der Waals surface area contributed by atoms with E-state index in [9.17, 15) is 4.79 Å². The van der Waals surface area contributed by atoms with E-state index >= 15 is 0 Å². The van der Waals surface area contributed by atoms with Crippen LogP contribution in [0.2, 0.25) is 0 Å². The van der Waals surface area contributed by atoms with E-state index in [1.165, 1.54) is 0 Å². The summed E-state index contributed by atoms with van der Waals surface area (Å²) in [6.45, 7) is 11.2. The van der Waals surface area contributed by atoms with Gasteiger partial charge in [0.1, 0.15) is 0 Å². The molecule has 0 radical (unpaired) electrons. The molecule has 0 saturated carbocycles. The van der Waals surface area contributed by atoms with Gasteiger partial charge in [-0.1, -0.05) is 24.3 Å². The normalized spacial score (nSPS) is 24.6. The Bertz CT molecular complexity index is 613. The molecule has 136 valence electrons. The first kappa shape index (κ1) is 18.3. The molecule has 1 unspecified atom stereocenters. The number of rotatable bonds is 3. The first-order valence-electron chi connectivity index (χ1n) is 9.14. The maximum atomic E-state index is 12.1. The van der Waals surface area contributed by atoms with Crippen molar-refractivity contribution in [2.24, 2.45) is 0 Å². The predicted molar refractivity (Wildman–Crippen MR) is 97.9 cm³/mol. The number of ether oxygens (including phenoxy) is 1. The fraction of sp³-hybridized carbons (Fsp3) is 0.632. The lowest BCUT2D eigenvalue weighted by Gasteiger charge is -2.32. The fourth-order valence-corrected chi connectivity index (χ4v) is 3.39. The first-order chi connectivity index (χ1) is 11.7. The predicted octanol–water partition coefficient (Wildman–Crippen LogP) is 3.28. The van der Waals surface area contributed by atoms with Crippen molar-refractivity contribution >= 4 is 18.7 Å². The zero-order valence-electron chi connectivity index (χ0n) is 15.9. The zero-order chi connectivity index (χ0) is 18.2. The quantitative estimate of drug-likeness (QED) is 0.789. The Morgan fingerprint density at radius 1 is 1.20 bits per heavy atom. The average molecular weight is 345 g/mol. The molecule has 1 aromatic rings. The highest BCUT2D eigenvalue weighted by Gasteiger charge is 2.51. The third-order valence-electron chi connectivity index (χ3n) is 5.60. The van der Waals surface area contributed by atoms with Gasteiger partial charge in [0.2, 0.25) is 0 Å². The first-order valence-corrected chi connectivity index (χ1v) is 9.14. The molecule has 2 aliphatic heterocycles. The Balaban J connectivity index is 1.74. The van der Waals surface area contributed by atoms with Crippen LogP contribution in [0, 0.1) is 0 Å². The molecule has 2 aliphatic rings. The van der Waals surface area contributed by atoms with Gasteiger partial charge in [0.15, 0.2) is 0 Å². The van der Waals surface area contributed by atoms with Gasteiger partial charge in [0.05, 0.1) is 23.9 Å². The van der Waals surface area contributed by atoms with Gasteiger partial charge in [0, 0.05) is 6.54 Å². The van der Waals surface area contributed by atoms with Crippen LogP contribution in [0.5, 0.6) is 0 Å². The van der Waals surface area contributed by atoms with E-state index in [2.05, 4.69) is 39.8 Å². The van der Waals surface area contributed by atoms with E-state index in [0.29, 0.717) is 6.61 Å². The summed E-state index contributed by atoms with van der Waals surface area (Å²) in [6.07, 6.45) is 1.75. The molecule has 6 heteroatoms. The minimum atomic E-state index is -0.358. The van der Waals surface area contributed by atoms with Crippen LogP contribution in [0.3, 0.4) is 0 Å². The SMILES string of the molecule is CCOC(=O)N1CCCC1c1ccc(B2OC(C)(C)C(C)(C)O2)cc1. The second-order valence-corrected chi connectivity index (χ2v) is 7.81. The minimum Gasteiger partial charge on any atom is -0.450 e. The monoisotopic (exact) mass is 345 g/mol. The van der Waals surface area contributed by atoms with Crippen LogP contribution >= 0.6 is 0 Å². The molecule has 2 fully saturated rings. The van der Waals surface area contributed by atoms with Crippen molar-refractivity contribution in [1.29, 1.82) is 0 Å². The molecule has 2 saturated heterocycles. The molecule has 0 N–H and O–H groups in total. The summed E-state index contributed by atoms with van der Waals surface area (Å²) >= 11 is 0. The van der Waals surface area contributed by atoms with E-state index in [0.717, 1.165) is 30.4 Å². The van der Waals surface area contributed by atoms with Crippen LogP contribution in [-0.4, -0.2) is 42.5 Å². The van der Waals surface area contributed by atoms with Crippen molar-refractivity contribution in [3.05, 3.63) is 29.8 Å². The highest BCUT2D eigenvalue weighted by molar-refractivity contribution is 6.62. The molecule has 25 heavy (non-hydrogen) atoms. The number of carbonyl (C=O) groups excluding carboxylic acids is 1. The second kappa shape index (κ2) is 6.65. The van der Waals surface area contributed by atoms with Gasteiger partial charge in [-0.3, -0.25) is 0 Å². The molecular weight excluding hydrogens is 317 g/mol. The number of benzene rings is 1. The molecule has 3 rings (SSSR count). The van der Waals surface area contributed by atoms with Crippen molar-refractivity contribution in [2.45, 2.75) is 64.7 Å². The number of carbonyl (C=O) groups is 1. The number of hydrogen-bond acceptors (Lipinski definition) is 4. The van der Waals surface area contributed by atoms with Crippen molar-refractivity contribution < 1.29 is 18.8 Å². The molecule has 5 nitrogen and oxygen atoms in total. The van der Waals surface area contributed by atoms with E-state index in [4.69, 9.17) is 14.0 Å². The maximum absolute atomic E-state index is 12.1. The molecule has 0 aliphatic carbocycles. The summed E-state index contributed by atoms with van der Waals surface area (Å²) in [4.78, 5) is 13.9. The van der Waals surface area contributed by atoms with Crippen molar-refractivity contribution in [3.8, 4) is 0 Å². The molecule has 1 atom stereocenters. The fourth-order valence-electron chi connectivity index (χ4n) is 3.39. The molecule has 0 spiro atoms. The second-order valence-electron chi connectivity index (χ2n) is 7.81.